The average Bonchev–Trinajstić information content (AvgIpc) is 2.89. The van der Waals surface area contributed by atoms with Crippen LogP contribution >= 0.6 is 27.3 Å². The lowest BCUT2D eigenvalue weighted by molar-refractivity contribution is 0.208. The van der Waals surface area contributed by atoms with Gasteiger partial charge in [0.15, 0.2) is 0 Å². The third-order valence-electron chi connectivity index (χ3n) is 3.90. The Labute approximate surface area is 116 Å². The fourth-order valence-electron chi connectivity index (χ4n) is 2.49. The lowest BCUT2D eigenvalue weighted by Gasteiger charge is -2.33. The molecule has 2 nitrogen and oxygen atoms in total. The van der Waals surface area contributed by atoms with Crippen LogP contribution in [0.3, 0.4) is 0 Å². The topological polar surface area (TPSA) is 24.1 Å². The largest absolute Gasteiger partial charge is 0.316 e. The van der Waals surface area contributed by atoms with Crippen LogP contribution in [0.1, 0.15) is 25.1 Å². The Hall–Kier alpha value is 0.1000. The molecule has 1 aromatic heterocycles. The van der Waals surface area contributed by atoms with Crippen LogP contribution in [0.25, 0.3) is 0 Å². The van der Waals surface area contributed by atoms with Gasteiger partial charge in [-0.1, -0.05) is 13.8 Å². The van der Waals surface area contributed by atoms with Gasteiger partial charge in [-0.2, -0.15) is 0 Å². The Balaban J connectivity index is 1.84. The van der Waals surface area contributed by atoms with E-state index < -0.39 is 0 Å². The predicted octanol–water partition coefficient (Wildman–Crippen LogP) is 3.24. The van der Waals surface area contributed by atoms with Gasteiger partial charge in [0.1, 0.15) is 0 Å². The molecule has 0 aliphatic carbocycles. The number of halogens is 1. The van der Waals surface area contributed by atoms with E-state index in [4.69, 9.17) is 0 Å². The molecular formula is C13H21BrN2S. The van der Waals surface area contributed by atoms with Gasteiger partial charge in [-0.3, -0.25) is 0 Å². The molecule has 0 aromatic carbocycles. The van der Waals surface area contributed by atoms with Crippen LogP contribution in [0.4, 0.5) is 0 Å². The van der Waals surface area contributed by atoms with Gasteiger partial charge in [0.2, 0.25) is 0 Å². The van der Waals surface area contributed by atoms with Gasteiger partial charge in [0, 0.05) is 34.4 Å². The molecule has 1 aromatic rings. The highest BCUT2D eigenvalue weighted by molar-refractivity contribution is 9.10. The van der Waals surface area contributed by atoms with Crippen molar-refractivity contribution in [2.75, 3.05) is 19.6 Å². The standard InChI is InChI=1S/C13H21BrN2S/c1-10(2)13(3-4-15-8-13)9-16-6-12-5-11(14)7-17-12/h5,7,10,15-16H,3-4,6,8-9H2,1-2H3. The van der Waals surface area contributed by atoms with Crippen LogP contribution in [-0.2, 0) is 6.54 Å². The van der Waals surface area contributed by atoms with Crippen LogP contribution < -0.4 is 10.6 Å². The lowest BCUT2D eigenvalue weighted by Crippen LogP contribution is -2.40. The maximum Gasteiger partial charge on any atom is 0.0300 e. The number of hydrogen-bond acceptors (Lipinski definition) is 3. The summed E-state index contributed by atoms with van der Waals surface area (Å²) in [6.45, 7) is 9.13. The van der Waals surface area contributed by atoms with Crippen molar-refractivity contribution in [2.24, 2.45) is 11.3 Å². The Morgan fingerprint density at radius 2 is 2.41 bits per heavy atom. The Kier molecular flexibility index (Phi) is 4.64. The summed E-state index contributed by atoms with van der Waals surface area (Å²) in [5.41, 5.74) is 0.453. The minimum Gasteiger partial charge on any atom is -0.316 e. The second-order valence-corrected chi connectivity index (χ2v) is 7.19. The number of nitrogens with one attached hydrogen (secondary N) is 2. The summed E-state index contributed by atoms with van der Waals surface area (Å²) in [6, 6.07) is 2.20. The maximum absolute atomic E-state index is 3.63. The molecule has 0 radical (unpaired) electrons. The molecule has 2 rings (SSSR count). The average molecular weight is 317 g/mol. The monoisotopic (exact) mass is 316 g/mol. The van der Waals surface area contributed by atoms with E-state index in [0.717, 1.165) is 25.6 Å². The van der Waals surface area contributed by atoms with Gasteiger partial charge in [-0.15, -0.1) is 11.3 Å². The van der Waals surface area contributed by atoms with Crippen LogP contribution in [0.15, 0.2) is 15.9 Å². The number of hydrogen-bond donors (Lipinski definition) is 2. The Morgan fingerprint density at radius 3 is 2.94 bits per heavy atom. The summed E-state index contributed by atoms with van der Waals surface area (Å²) >= 11 is 5.31. The van der Waals surface area contributed by atoms with E-state index in [-0.39, 0.29) is 0 Å². The molecular weight excluding hydrogens is 296 g/mol. The third-order valence-corrected chi connectivity index (χ3v) is 5.60. The second-order valence-electron chi connectivity index (χ2n) is 5.28. The lowest BCUT2D eigenvalue weighted by atomic mass is 9.76. The molecule has 96 valence electrons. The molecule has 1 aliphatic heterocycles. The summed E-state index contributed by atoms with van der Waals surface area (Å²) in [5.74, 6) is 0.736. The first kappa shape index (κ1) is 13.5. The molecule has 1 unspecified atom stereocenters. The molecule has 0 amide bonds. The third kappa shape index (κ3) is 3.31. The SMILES string of the molecule is CC(C)C1(CNCc2cc(Br)cs2)CCNC1. The van der Waals surface area contributed by atoms with E-state index in [1.54, 1.807) is 0 Å². The zero-order valence-corrected chi connectivity index (χ0v) is 13.0. The molecule has 1 aliphatic rings. The van der Waals surface area contributed by atoms with Crippen molar-refractivity contribution in [3.05, 3.63) is 20.8 Å². The van der Waals surface area contributed by atoms with Gasteiger partial charge in [0.25, 0.3) is 0 Å². The molecule has 0 spiro atoms. The van der Waals surface area contributed by atoms with Crippen molar-refractivity contribution >= 4 is 27.3 Å². The van der Waals surface area contributed by atoms with Crippen LogP contribution in [-0.4, -0.2) is 19.6 Å². The number of rotatable bonds is 5. The molecule has 4 heteroatoms. The van der Waals surface area contributed by atoms with Crippen LogP contribution in [0, 0.1) is 11.3 Å². The molecule has 17 heavy (non-hydrogen) atoms. The summed E-state index contributed by atoms with van der Waals surface area (Å²) in [4.78, 5) is 1.40. The van der Waals surface area contributed by atoms with E-state index in [9.17, 15) is 0 Å². The zero-order chi connectivity index (χ0) is 12.3. The van der Waals surface area contributed by atoms with Crippen LogP contribution in [0.2, 0.25) is 0 Å². The number of thiophene rings is 1. The minimum absolute atomic E-state index is 0.453. The van der Waals surface area contributed by atoms with Crippen molar-refractivity contribution in [1.29, 1.82) is 0 Å². The first-order chi connectivity index (χ1) is 8.12. The predicted molar refractivity (Wildman–Crippen MR) is 78.5 cm³/mol. The minimum atomic E-state index is 0.453. The Morgan fingerprint density at radius 1 is 1.59 bits per heavy atom. The fraction of sp³-hybridized carbons (Fsp3) is 0.692. The molecule has 1 saturated heterocycles. The Bertz CT molecular complexity index is 356. The van der Waals surface area contributed by atoms with Gasteiger partial charge in [0.05, 0.1) is 0 Å². The van der Waals surface area contributed by atoms with E-state index in [2.05, 4.69) is 51.9 Å². The first-order valence-corrected chi connectivity index (χ1v) is 7.94. The van der Waals surface area contributed by atoms with Crippen molar-refractivity contribution < 1.29 is 0 Å². The molecule has 1 atom stereocenters. The summed E-state index contributed by atoms with van der Waals surface area (Å²) in [5, 5.41) is 9.28. The van der Waals surface area contributed by atoms with Gasteiger partial charge in [-0.25, -0.2) is 0 Å². The summed E-state index contributed by atoms with van der Waals surface area (Å²) in [6.07, 6.45) is 1.30. The van der Waals surface area contributed by atoms with Gasteiger partial charge >= 0.3 is 0 Å². The molecule has 1 fully saturated rings. The van der Waals surface area contributed by atoms with E-state index >= 15 is 0 Å². The molecule has 2 heterocycles. The van der Waals surface area contributed by atoms with Crippen LogP contribution in [0.5, 0.6) is 0 Å². The highest BCUT2D eigenvalue weighted by Gasteiger charge is 2.36. The van der Waals surface area contributed by atoms with Crippen molar-refractivity contribution in [3.63, 3.8) is 0 Å². The van der Waals surface area contributed by atoms with E-state index in [1.165, 1.54) is 22.3 Å². The molecule has 2 N–H and O–H groups in total. The molecule has 0 saturated carbocycles. The fourth-order valence-corrected chi connectivity index (χ4v) is 3.91. The maximum atomic E-state index is 3.63. The highest BCUT2D eigenvalue weighted by atomic mass is 79.9. The summed E-state index contributed by atoms with van der Waals surface area (Å²) in [7, 11) is 0. The van der Waals surface area contributed by atoms with Gasteiger partial charge < -0.3 is 10.6 Å². The quantitative estimate of drug-likeness (QED) is 0.871. The van der Waals surface area contributed by atoms with Crippen molar-refractivity contribution in [1.82, 2.24) is 10.6 Å². The van der Waals surface area contributed by atoms with Crippen molar-refractivity contribution in [3.8, 4) is 0 Å². The first-order valence-electron chi connectivity index (χ1n) is 6.27. The summed E-state index contributed by atoms with van der Waals surface area (Å²) < 4.78 is 1.19. The van der Waals surface area contributed by atoms with E-state index in [0.29, 0.717) is 5.41 Å². The van der Waals surface area contributed by atoms with Crippen molar-refractivity contribution in [2.45, 2.75) is 26.8 Å². The van der Waals surface area contributed by atoms with Gasteiger partial charge in [-0.05, 0) is 46.3 Å². The van der Waals surface area contributed by atoms with E-state index in [1.807, 2.05) is 11.3 Å². The smallest absolute Gasteiger partial charge is 0.0300 e. The zero-order valence-electron chi connectivity index (χ0n) is 10.6. The molecule has 0 bridgehead atoms. The highest BCUT2D eigenvalue weighted by Crippen LogP contribution is 2.33. The normalized spacial score (nSPS) is 24.7. The second kappa shape index (κ2) is 5.83.